The van der Waals surface area contributed by atoms with Crippen LogP contribution in [0.25, 0.3) is 0 Å². The Labute approximate surface area is 83.2 Å². The molecule has 0 saturated carbocycles. The number of rotatable bonds is 3. The number of carbonyl (C=O) groups is 1. The third-order valence-corrected chi connectivity index (χ3v) is 1.60. The Morgan fingerprint density at radius 3 is 2.85 bits per heavy atom. The molecule has 1 rings (SSSR count). The highest BCUT2D eigenvalue weighted by Gasteiger charge is 2.33. The number of hydrogen-bond acceptors (Lipinski definition) is 3. The van der Waals surface area contributed by atoms with Crippen LogP contribution >= 0.6 is 23.2 Å². The number of alkyl halides is 3. The molecule has 0 N–H and O–H groups in total. The molecule has 0 aromatic carbocycles. The van der Waals surface area contributed by atoms with Gasteiger partial charge < -0.3 is 4.74 Å². The number of aromatic nitrogens is 2. The van der Waals surface area contributed by atoms with E-state index in [0.29, 0.717) is 0 Å². The summed E-state index contributed by atoms with van der Waals surface area (Å²) in [6.45, 7) is 0.139. The molecule has 0 aliphatic heterocycles. The number of hydrogen-bond donors (Lipinski definition) is 0. The van der Waals surface area contributed by atoms with E-state index in [9.17, 15) is 9.18 Å². The molecule has 7 heteroatoms. The van der Waals surface area contributed by atoms with E-state index < -0.39 is 4.59 Å². The van der Waals surface area contributed by atoms with Gasteiger partial charge in [-0.25, -0.2) is 4.39 Å². The van der Waals surface area contributed by atoms with Crippen LogP contribution in [0.4, 0.5) is 4.39 Å². The van der Waals surface area contributed by atoms with Crippen molar-refractivity contribution in [1.82, 2.24) is 9.78 Å². The second kappa shape index (κ2) is 3.51. The van der Waals surface area contributed by atoms with Crippen LogP contribution in [0.5, 0.6) is 5.75 Å². The summed E-state index contributed by atoms with van der Waals surface area (Å²) in [4.78, 5) is 9.99. The summed E-state index contributed by atoms with van der Waals surface area (Å²) in [5.74, 6) is -0.106. The Kier molecular flexibility index (Phi) is 2.77. The van der Waals surface area contributed by atoms with E-state index in [0.717, 1.165) is 0 Å². The van der Waals surface area contributed by atoms with Crippen molar-refractivity contribution in [2.75, 3.05) is 0 Å². The summed E-state index contributed by atoms with van der Waals surface area (Å²) < 4.78 is 16.0. The Hall–Kier alpha value is -0.810. The van der Waals surface area contributed by atoms with Gasteiger partial charge in [-0.3, -0.25) is 9.48 Å². The molecular formula is C6H5Cl2FN2O2. The van der Waals surface area contributed by atoms with Crippen molar-refractivity contribution in [3.8, 4) is 5.75 Å². The fourth-order valence-corrected chi connectivity index (χ4v) is 1.06. The minimum Gasteiger partial charge on any atom is -0.425 e. The quantitative estimate of drug-likeness (QED) is 0.580. The van der Waals surface area contributed by atoms with Crippen molar-refractivity contribution in [2.45, 2.75) is 4.59 Å². The lowest BCUT2D eigenvalue weighted by molar-refractivity contribution is -0.120. The highest BCUT2D eigenvalue weighted by atomic mass is 35.5. The molecule has 72 valence electrons. The van der Waals surface area contributed by atoms with Gasteiger partial charge in [-0.15, -0.1) is 0 Å². The van der Waals surface area contributed by atoms with Crippen LogP contribution in [0.1, 0.15) is 5.69 Å². The molecular weight excluding hydrogens is 222 g/mol. The third-order valence-electron chi connectivity index (χ3n) is 1.24. The highest BCUT2D eigenvalue weighted by molar-refractivity contribution is 6.46. The molecule has 0 amide bonds. The summed E-state index contributed by atoms with van der Waals surface area (Å²) in [5.41, 5.74) is -0.342. The standard InChI is InChI=1S/C6H5Cl2FN2O2/c1-11-2-4(13-3-12)5(10-11)6(7,8)9/h2-3H,1H3. The van der Waals surface area contributed by atoms with Crippen molar-refractivity contribution in [1.29, 1.82) is 0 Å². The van der Waals surface area contributed by atoms with Crippen molar-refractivity contribution >= 4 is 29.7 Å². The molecule has 0 aliphatic rings. The van der Waals surface area contributed by atoms with Gasteiger partial charge in [0.25, 0.3) is 6.47 Å². The van der Waals surface area contributed by atoms with E-state index in [2.05, 4.69) is 9.84 Å². The van der Waals surface area contributed by atoms with Crippen molar-refractivity contribution in [2.24, 2.45) is 7.05 Å². The number of nitrogens with zero attached hydrogens (tertiary/aromatic N) is 2. The van der Waals surface area contributed by atoms with Gasteiger partial charge in [-0.2, -0.15) is 5.10 Å². The first kappa shape index (κ1) is 10.3. The lowest BCUT2D eigenvalue weighted by Gasteiger charge is -2.05. The Morgan fingerprint density at radius 2 is 2.38 bits per heavy atom. The SMILES string of the molecule is Cn1cc(OC=O)c(C(F)(Cl)Cl)n1. The molecule has 0 atom stereocenters. The smallest absolute Gasteiger partial charge is 0.305 e. The average Bonchev–Trinajstić information content (AvgIpc) is 2.30. The predicted molar refractivity (Wildman–Crippen MR) is 44.4 cm³/mol. The predicted octanol–water partition coefficient (Wildman–Crippen LogP) is 1.51. The normalized spacial score (nSPS) is 11.4. The molecule has 1 aromatic heterocycles. The summed E-state index contributed by atoms with van der Waals surface area (Å²) in [6, 6.07) is 0. The molecule has 1 heterocycles. The lowest BCUT2D eigenvalue weighted by atomic mass is 10.4. The van der Waals surface area contributed by atoms with Gasteiger partial charge in [-0.1, -0.05) is 23.2 Å². The number of halogens is 3. The number of ether oxygens (including phenoxy) is 1. The average molecular weight is 227 g/mol. The van der Waals surface area contributed by atoms with Gasteiger partial charge in [0.05, 0.1) is 6.20 Å². The second-order valence-corrected chi connectivity index (χ2v) is 3.46. The zero-order valence-corrected chi connectivity index (χ0v) is 8.01. The van der Waals surface area contributed by atoms with Crippen molar-refractivity contribution in [3.63, 3.8) is 0 Å². The Balaban J connectivity index is 3.11. The van der Waals surface area contributed by atoms with E-state index in [-0.39, 0.29) is 17.9 Å². The minimum absolute atomic E-state index is 0.106. The summed E-state index contributed by atoms with van der Waals surface area (Å²) >= 11 is 10.3. The summed E-state index contributed by atoms with van der Waals surface area (Å²) in [5, 5.41) is 3.59. The Morgan fingerprint density at radius 1 is 1.77 bits per heavy atom. The van der Waals surface area contributed by atoms with E-state index in [4.69, 9.17) is 23.2 Å². The monoisotopic (exact) mass is 226 g/mol. The fourth-order valence-electron chi connectivity index (χ4n) is 0.801. The van der Waals surface area contributed by atoms with Crippen LogP contribution in [0.2, 0.25) is 0 Å². The summed E-state index contributed by atoms with van der Waals surface area (Å²) in [7, 11) is 1.51. The van der Waals surface area contributed by atoms with Crippen LogP contribution in [-0.2, 0) is 16.4 Å². The Bertz CT molecular complexity index is 321. The van der Waals surface area contributed by atoms with E-state index in [1.807, 2.05) is 0 Å². The first-order valence-electron chi connectivity index (χ1n) is 3.16. The lowest BCUT2D eigenvalue weighted by Crippen LogP contribution is -2.06. The maximum Gasteiger partial charge on any atom is 0.305 e. The van der Waals surface area contributed by atoms with Gasteiger partial charge in [0.15, 0.2) is 11.4 Å². The molecule has 0 bridgehead atoms. The van der Waals surface area contributed by atoms with Crippen LogP contribution in [0.3, 0.4) is 0 Å². The van der Waals surface area contributed by atoms with Gasteiger partial charge in [-0.05, 0) is 0 Å². The molecule has 0 fully saturated rings. The van der Waals surface area contributed by atoms with Gasteiger partial charge in [0, 0.05) is 7.05 Å². The highest BCUT2D eigenvalue weighted by Crippen LogP contribution is 2.39. The van der Waals surface area contributed by atoms with E-state index in [1.165, 1.54) is 17.9 Å². The maximum absolute atomic E-state index is 13.0. The molecule has 0 spiro atoms. The second-order valence-electron chi connectivity index (χ2n) is 2.23. The topological polar surface area (TPSA) is 44.1 Å². The van der Waals surface area contributed by atoms with Crippen molar-refractivity contribution in [3.05, 3.63) is 11.9 Å². The van der Waals surface area contributed by atoms with Crippen LogP contribution in [0, 0.1) is 0 Å². The zero-order valence-electron chi connectivity index (χ0n) is 6.50. The van der Waals surface area contributed by atoms with Crippen LogP contribution in [-0.4, -0.2) is 16.3 Å². The van der Waals surface area contributed by atoms with Gasteiger partial charge >= 0.3 is 4.59 Å². The van der Waals surface area contributed by atoms with Crippen LogP contribution in [0.15, 0.2) is 6.20 Å². The maximum atomic E-state index is 13.0. The van der Waals surface area contributed by atoms with Gasteiger partial charge in [0.1, 0.15) is 0 Å². The molecule has 0 radical (unpaired) electrons. The minimum atomic E-state index is -2.67. The van der Waals surface area contributed by atoms with Crippen molar-refractivity contribution < 1.29 is 13.9 Å². The molecule has 0 unspecified atom stereocenters. The van der Waals surface area contributed by atoms with E-state index >= 15 is 0 Å². The largest absolute Gasteiger partial charge is 0.425 e. The molecule has 4 nitrogen and oxygen atoms in total. The number of aryl methyl sites for hydroxylation is 1. The summed E-state index contributed by atoms with van der Waals surface area (Å²) in [6.07, 6.45) is 1.28. The fraction of sp³-hybridized carbons (Fsp3) is 0.333. The third kappa shape index (κ3) is 2.32. The van der Waals surface area contributed by atoms with Crippen LogP contribution < -0.4 is 4.74 Å². The van der Waals surface area contributed by atoms with E-state index in [1.54, 1.807) is 0 Å². The molecule has 0 aliphatic carbocycles. The first-order chi connectivity index (χ1) is 5.95. The first-order valence-corrected chi connectivity index (χ1v) is 3.92. The molecule has 0 saturated heterocycles. The number of carbonyl (C=O) groups excluding carboxylic acids is 1. The molecule has 13 heavy (non-hydrogen) atoms. The zero-order chi connectivity index (χ0) is 10.1. The molecule has 1 aromatic rings. The van der Waals surface area contributed by atoms with Gasteiger partial charge in [0.2, 0.25) is 0 Å².